The van der Waals surface area contributed by atoms with Crippen molar-refractivity contribution in [2.45, 2.75) is 10.7 Å². The lowest BCUT2D eigenvalue weighted by atomic mass is 10.2. The van der Waals surface area contributed by atoms with Crippen LogP contribution in [0.25, 0.3) is 0 Å². The van der Waals surface area contributed by atoms with E-state index in [2.05, 4.69) is 10.2 Å². The Hall–Kier alpha value is -1.83. The Morgan fingerprint density at radius 3 is 2.44 bits per heavy atom. The van der Waals surface area contributed by atoms with Gasteiger partial charge < -0.3 is 10.2 Å². The Morgan fingerprint density at radius 2 is 1.74 bits per heavy atom. The van der Waals surface area contributed by atoms with Gasteiger partial charge in [-0.1, -0.05) is 47.6 Å². The molecule has 0 aliphatic carbocycles. The molecule has 0 radical (unpaired) electrons. The lowest BCUT2D eigenvalue weighted by molar-refractivity contribution is -0.117. The molecule has 1 N–H and O–H groups in total. The number of carbonyl (C=O) groups excluding carboxylic acids is 1. The monoisotopic (exact) mass is 411 g/mol. The van der Waals surface area contributed by atoms with Crippen molar-refractivity contribution in [3.63, 3.8) is 0 Å². The molecule has 0 bridgehead atoms. The highest BCUT2D eigenvalue weighted by Crippen LogP contribution is 2.31. The summed E-state index contributed by atoms with van der Waals surface area (Å²) in [5.41, 5.74) is 1.42. The summed E-state index contributed by atoms with van der Waals surface area (Å²) in [6.45, 7) is 3.23. The second-order valence-electron chi connectivity index (χ2n) is 6.14. The third-order valence-corrected chi connectivity index (χ3v) is 5.42. The van der Waals surface area contributed by atoms with Crippen LogP contribution in [-0.2, 0) is 4.79 Å². The van der Waals surface area contributed by atoms with Crippen molar-refractivity contribution >= 4 is 40.6 Å². The van der Waals surface area contributed by atoms with Gasteiger partial charge in [0.2, 0.25) is 5.91 Å². The molecule has 2 aromatic rings. The van der Waals surface area contributed by atoms with Gasteiger partial charge >= 0.3 is 0 Å². The molecule has 2 aromatic carbocycles. The lowest BCUT2D eigenvalue weighted by Crippen LogP contribution is -2.48. The zero-order valence-corrected chi connectivity index (χ0v) is 16.1. The van der Waals surface area contributed by atoms with Crippen LogP contribution in [-0.4, -0.2) is 49.3 Å². The van der Waals surface area contributed by atoms with E-state index in [1.54, 1.807) is 24.3 Å². The summed E-state index contributed by atoms with van der Waals surface area (Å²) in [4.78, 5) is 17.0. The van der Waals surface area contributed by atoms with Crippen molar-refractivity contribution in [1.82, 2.24) is 4.90 Å². The number of alkyl halides is 2. The van der Waals surface area contributed by atoms with Crippen molar-refractivity contribution in [2.75, 3.05) is 42.9 Å². The molecule has 144 valence electrons. The summed E-state index contributed by atoms with van der Waals surface area (Å²) in [6.07, 6.45) is 0. The number of halogens is 3. The highest BCUT2D eigenvalue weighted by Gasteiger charge is 2.21. The van der Waals surface area contributed by atoms with Crippen LogP contribution >= 0.6 is 23.4 Å². The van der Waals surface area contributed by atoms with E-state index in [-0.39, 0.29) is 12.5 Å². The summed E-state index contributed by atoms with van der Waals surface area (Å²) in [5.74, 6) is -2.73. The summed E-state index contributed by atoms with van der Waals surface area (Å²) in [7, 11) is 0. The van der Waals surface area contributed by atoms with E-state index in [0.29, 0.717) is 22.3 Å². The number of nitrogens with zero attached hydrogens (tertiary/aromatic N) is 2. The SMILES string of the molecule is O=C(CN1CCN(c2ccccc2Cl)CC1)Nc1ccccc1SC(F)F. The van der Waals surface area contributed by atoms with Crippen molar-refractivity contribution in [3.8, 4) is 0 Å². The number of hydrogen-bond acceptors (Lipinski definition) is 4. The average molecular weight is 412 g/mol. The number of hydrogen-bond donors (Lipinski definition) is 1. The Bertz CT molecular complexity index is 785. The van der Waals surface area contributed by atoms with E-state index in [1.165, 1.54) is 0 Å². The number of thioether (sulfide) groups is 1. The smallest absolute Gasteiger partial charge is 0.288 e. The van der Waals surface area contributed by atoms with Crippen molar-refractivity contribution in [1.29, 1.82) is 0 Å². The zero-order valence-electron chi connectivity index (χ0n) is 14.6. The lowest BCUT2D eigenvalue weighted by Gasteiger charge is -2.36. The summed E-state index contributed by atoms with van der Waals surface area (Å²) < 4.78 is 25.3. The van der Waals surface area contributed by atoms with E-state index in [4.69, 9.17) is 11.6 Å². The first kappa shape index (κ1) is 19.9. The van der Waals surface area contributed by atoms with Gasteiger partial charge in [-0.25, -0.2) is 0 Å². The molecular formula is C19H20ClF2N3OS. The first-order valence-electron chi connectivity index (χ1n) is 8.58. The molecule has 1 heterocycles. The minimum absolute atomic E-state index is 0.205. The van der Waals surface area contributed by atoms with Crippen LogP contribution in [0.5, 0.6) is 0 Å². The molecule has 0 unspecified atom stereocenters. The van der Waals surface area contributed by atoms with Crippen LogP contribution in [0, 0.1) is 0 Å². The fraction of sp³-hybridized carbons (Fsp3) is 0.316. The van der Waals surface area contributed by atoms with E-state index >= 15 is 0 Å². The first-order chi connectivity index (χ1) is 13.0. The molecule has 4 nitrogen and oxygen atoms in total. The number of rotatable bonds is 6. The quantitative estimate of drug-likeness (QED) is 0.714. The van der Waals surface area contributed by atoms with E-state index in [9.17, 15) is 13.6 Å². The zero-order chi connectivity index (χ0) is 19.2. The largest absolute Gasteiger partial charge is 0.368 e. The maximum atomic E-state index is 12.6. The molecule has 1 amide bonds. The highest BCUT2D eigenvalue weighted by molar-refractivity contribution is 7.99. The van der Waals surface area contributed by atoms with Crippen LogP contribution < -0.4 is 10.2 Å². The van der Waals surface area contributed by atoms with Gasteiger partial charge in [-0.3, -0.25) is 9.69 Å². The predicted octanol–water partition coefficient (Wildman–Crippen LogP) is 4.42. The fourth-order valence-corrected chi connectivity index (χ4v) is 3.87. The maximum absolute atomic E-state index is 12.6. The van der Waals surface area contributed by atoms with Crippen LogP contribution in [0.15, 0.2) is 53.4 Å². The summed E-state index contributed by atoms with van der Waals surface area (Å²) in [5, 5.41) is 3.47. The molecule has 0 atom stereocenters. The van der Waals surface area contributed by atoms with Gasteiger partial charge in [0.1, 0.15) is 0 Å². The van der Waals surface area contributed by atoms with Crippen LogP contribution in [0.2, 0.25) is 5.02 Å². The van der Waals surface area contributed by atoms with Crippen molar-refractivity contribution < 1.29 is 13.6 Å². The first-order valence-corrected chi connectivity index (χ1v) is 9.84. The average Bonchev–Trinajstić information content (AvgIpc) is 2.64. The minimum atomic E-state index is -2.53. The molecule has 1 aliphatic rings. The standard InChI is InChI=1S/C19H20ClF2N3OS/c20-14-5-1-3-7-16(14)25-11-9-24(10-12-25)13-18(26)23-15-6-2-4-8-17(15)27-19(21)22/h1-8,19H,9-13H2,(H,23,26). The van der Waals surface area contributed by atoms with Gasteiger partial charge in [0.05, 0.1) is 22.9 Å². The van der Waals surface area contributed by atoms with Gasteiger partial charge in [0.15, 0.2) is 0 Å². The Balaban J connectivity index is 1.52. The Morgan fingerprint density at radius 1 is 1.07 bits per heavy atom. The maximum Gasteiger partial charge on any atom is 0.288 e. The number of benzene rings is 2. The van der Waals surface area contributed by atoms with Crippen molar-refractivity contribution in [3.05, 3.63) is 53.6 Å². The molecule has 3 rings (SSSR count). The molecule has 1 saturated heterocycles. The number of para-hydroxylation sites is 2. The van der Waals surface area contributed by atoms with E-state index in [1.807, 2.05) is 29.2 Å². The number of carbonyl (C=O) groups is 1. The minimum Gasteiger partial charge on any atom is -0.368 e. The Kier molecular flexibility index (Phi) is 6.93. The molecule has 0 spiro atoms. The van der Waals surface area contributed by atoms with Crippen LogP contribution in [0.1, 0.15) is 0 Å². The predicted molar refractivity (Wildman–Crippen MR) is 107 cm³/mol. The molecule has 0 aromatic heterocycles. The van der Waals surface area contributed by atoms with E-state index in [0.717, 1.165) is 36.9 Å². The third-order valence-electron chi connectivity index (χ3n) is 4.31. The van der Waals surface area contributed by atoms with Crippen LogP contribution in [0.3, 0.4) is 0 Å². The highest BCUT2D eigenvalue weighted by atomic mass is 35.5. The number of nitrogens with one attached hydrogen (secondary N) is 1. The van der Waals surface area contributed by atoms with Crippen molar-refractivity contribution in [2.24, 2.45) is 0 Å². The number of piperazine rings is 1. The van der Waals surface area contributed by atoms with Gasteiger partial charge in [0.25, 0.3) is 5.76 Å². The normalized spacial score (nSPS) is 15.2. The Labute approximate surface area is 166 Å². The summed E-state index contributed by atoms with van der Waals surface area (Å²) in [6, 6.07) is 14.3. The number of anilines is 2. The molecule has 1 aliphatic heterocycles. The van der Waals surface area contributed by atoms with Gasteiger partial charge in [-0.15, -0.1) is 0 Å². The molecule has 8 heteroatoms. The second kappa shape index (κ2) is 9.39. The van der Waals surface area contributed by atoms with Gasteiger partial charge in [-0.2, -0.15) is 8.78 Å². The molecule has 27 heavy (non-hydrogen) atoms. The topological polar surface area (TPSA) is 35.6 Å². The van der Waals surface area contributed by atoms with Crippen LogP contribution in [0.4, 0.5) is 20.2 Å². The molecular weight excluding hydrogens is 392 g/mol. The van der Waals surface area contributed by atoms with Gasteiger partial charge in [0, 0.05) is 31.1 Å². The molecule has 1 fully saturated rings. The summed E-state index contributed by atoms with van der Waals surface area (Å²) >= 11 is 6.68. The third kappa shape index (κ3) is 5.57. The van der Waals surface area contributed by atoms with Gasteiger partial charge in [-0.05, 0) is 24.3 Å². The van der Waals surface area contributed by atoms with E-state index < -0.39 is 5.76 Å². The molecule has 0 saturated carbocycles. The number of amides is 1. The second-order valence-corrected chi connectivity index (χ2v) is 7.58. The fourth-order valence-electron chi connectivity index (χ4n) is 3.02.